The maximum Gasteiger partial charge on any atom is 0.260 e. The lowest BCUT2D eigenvalue weighted by Crippen LogP contribution is -2.51. The molecular weight excluding hydrogens is 454 g/mol. The van der Waals surface area contributed by atoms with Gasteiger partial charge >= 0.3 is 0 Å². The zero-order chi connectivity index (χ0) is 24.4. The van der Waals surface area contributed by atoms with Crippen LogP contribution in [-0.2, 0) is 13.6 Å². The summed E-state index contributed by atoms with van der Waals surface area (Å²) in [6, 6.07) is 6.68. The van der Waals surface area contributed by atoms with Gasteiger partial charge in [-0.05, 0) is 69.4 Å². The second kappa shape index (κ2) is 8.37. The number of aryl methyl sites for hydroxylation is 2. The molecule has 0 aromatic carbocycles. The normalized spacial score (nSPS) is 25.8. The summed E-state index contributed by atoms with van der Waals surface area (Å²) < 4.78 is 8.08. The number of carbonyl (C=O) groups is 1. The first-order valence-corrected chi connectivity index (χ1v) is 13.1. The monoisotopic (exact) mass is 485 g/mol. The van der Waals surface area contributed by atoms with E-state index in [4.69, 9.17) is 4.74 Å². The van der Waals surface area contributed by atoms with Gasteiger partial charge in [0.1, 0.15) is 6.10 Å². The van der Waals surface area contributed by atoms with E-state index in [2.05, 4.69) is 25.6 Å². The summed E-state index contributed by atoms with van der Waals surface area (Å²) in [5.74, 6) is 2.60. The highest BCUT2D eigenvalue weighted by Gasteiger charge is 2.43. The number of piperidine rings is 1. The van der Waals surface area contributed by atoms with Crippen LogP contribution in [-0.4, -0.2) is 49.1 Å². The van der Waals surface area contributed by atoms with Crippen molar-refractivity contribution in [3.8, 4) is 17.1 Å². The number of carbonyl (C=O) groups excluding carboxylic acids is 1. The van der Waals surface area contributed by atoms with Crippen molar-refractivity contribution in [2.75, 3.05) is 4.90 Å². The molecule has 186 valence electrons. The molecule has 2 aliphatic carbocycles. The molecule has 2 atom stereocenters. The maximum atomic E-state index is 13.3. The van der Waals surface area contributed by atoms with Crippen molar-refractivity contribution in [2.24, 2.45) is 18.9 Å². The number of nitrogens with one attached hydrogen (secondary N) is 1. The van der Waals surface area contributed by atoms with Gasteiger partial charge < -0.3 is 10.1 Å². The Morgan fingerprint density at radius 1 is 1.03 bits per heavy atom. The number of hydrogen-bond acceptors (Lipinski definition) is 7. The van der Waals surface area contributed by atoms with Crippen LogP contribution in [0.15, 0.2) is 30.6 Å². The van der Waals surface area contributed by atoms with E-state index in [9.17, 15) is 4.79 Å². The predicted octanol–water partition coefficient (Wildman–Crippen LogP) is 3.43. The summed E-state index contributed by atoms with van der Waals surface area (Å²) in [4.78, 5) is 19.5. The molecule has 1 amide bonds. The number of hydrogen-bond donors (Lipinski definition) is 1. The lowest BCUT2D eigenvalue weighted by molar-refractivity contribution is 0.0966. The Morgan fingerprint density at radius 2 is 1.78 bits per heavy atom. The molecule has 4 aliphatic rings. The van der Waals surface area contributed by atoms with Crippen LogP contribution >= 0.6 is 0 Å². The molecule has 0 bridgehead atoms. The highest BCUT2D eigenvalue weighted by atomic mass is 16.5. The first-order chi connectivity index (χ1) is 17.5. The van der Waals surface area contributed by atoms with Crippen molar-refractivity contribution in [2.45, 2.75) is 70.2 Å². The van der Waals surface area contributed by atoms with Gasteiger partial charge in [0.15, 0.2) is 5.82 Å². The van der Waals surface area contributed by atoms with Crippen molar-refractivity contribution in [3.63, 3.8) is 0 Å². The van der Waals surface area contributed by atoms with Crippen molar-refractivity contribution in [1.29, 1.82) is 0 Å². The molecule has 5 heterocycles. The minimum atomic E-state index is -0.0870. The van der Waals surface area contributed by atoms with Gasteiger partial charge in [-0.2, -0.15) is 5.10 Å². The van der Waals surface area contributed by atoms with Gasteiger partial charge in [0.05, 0.1) is 17.9 Å². The third-order valence-electron chi connectivity index (χ3n) is 8.11. The van der Waals surface area contributed by atoms with Crippen LogP contribution in [0, 0.1) is 18.8 Å². The molecule has 3 aromatic heterocycles. The van der Waals surface area contributed by atoms with Gasteiger partial charge in [0, 0.05) is 54.3 Å². The zero-order valence-corrected chi connectivity index (χ0v) is 20.7. The van der Waals surface area contributed by atoms with E-state index >= 15 is 0 Å². The molecule has 7 rings (SSSR count). The third-order valence-corrected chi connectivity index (χ3v) is 8.11. The van der Waals surface area contributed by atoms with Crippen LogP contribution in [0.25, 0.3) is 11.3 Å². The Balaban J connectivity index is 1.05. The van der Waals surface area contributed by atoms with Gasteiger partial charge in [0.2, 0.25) is 5.88 Å². The SMILES string of the molecule is Cc1nn(C)cc1-c1cc2c(cn1)CN(c1ccc(OC3C[C@@H](C4CC4)N[C@H](C4CC4)C3)nn1)C2=O. The van der Waals surface area contributed by atoms with Gasteiger partial charge in [-0.3, -0.25) is 19.4 Å². The second-order valence-corrected chi connectivity index (χ2v) is 10.9. The highest BCUT2D eigenvalue weighted by molar-refractivity contribution is 6.09. The smallest absolute Gasteiger partial charge is 0.260 e. The molecule has 3 fully saturated rings. The van der Waals surface area contributed by atoms with E-state index < -0.39 is 0 Å². The number of amides is 1. The Kier molecular flexibility index (Phi) is 5.09. The maximum absolute atomic E-state index is 13.3. The van der Waals surface area contributed by atoms with Crippen molar-refractivity contribution in [3.05, 3.63) is 47.4 Å². The fourth-order valence-corrected chi connectivity index (χ4v) is 5.89. The Morgan fingerprint density at radius 3 is 2.39 bits per heavy atom. The van der Waals surface area contributed by atoms with E-state index in [1.165, 1.54) is 25.7 Å². The fourth-order valence-electron chi connectivity index (χ4n) is 5.89. The first-order valence-electron chi connectivity index (χ1n) is 13.1. The molecule has 0 unspecified atom stereocenters. The number of anilines is 1. The Hall–Kier alpha value is -3.33. The minimum absolute atomic E-state index is 0.0870. The summed E-state index contributed by atoms with van der Waals surface area (Å²) >= 11 is 0. The van der Waals surface area contributed by atoms with Crippen LogP contribution in [0.1, 0.15) is 60.1 Å². The Bertz CT molecular complexity index is 1290. The van der Waals surface area contributed by atoms with Gasteiger partial charge in [-0.15, -0.1) is 10.2 Å². The molecule has 9 heteroatoms. The number of nitrogens with zero attached hydrogens (tertiary/aromatic N) is 6. The van der Waals surface area contributed by atoms with E-state index in [1.807, 2.05) is 38.4 Å². The van der Waals surface area contributed by atoms with Crippen LogP contribution in [0.2, 0.25) is 0 Å². The zero-order valence-electron chi connectivity index (χ0n) is 20.7. The molecule has 36 heavy (non-hydrogen) atoms. The van der Waals surface area contributed by atoms with Gasteiger partial charge in [0.25, 0.3) is 5.91 Å². The number of aromatic nitrogens is 5. The molecule has 3 aromatic rings. The first kappa shape index (κ1) is 21.9. The number of fused-ring (bicyclic) bond motifs is 1. The minimum Gasteiger partial charge on any atom is -0.473 e. The summed E-state index contributed by atoms with van der Waals surface area (Å²) in [6.45, 7) is 2.38. The summed E-state index contributed by atoms with van der Waals surface area (Å²) in [5, 5.41) is 17.0. The molecule has 2 saturated carbocycles. The van der Waals surface area contributed by atoms with Crippen molar-refractivity contribution < 1.29 is 9.53 Å². The van der Waals surface area contributed by atoms with E-state index in [1.54, 1.807) is 15.8 Å². The standard InChI is InChI=1S/C27H31N7O2/c1-15-21(14-33(2)32-15)24-11-20-18(12-28-24)13-34(27(20)35)25-7-8-26(31-30-25)36-19-9-22(16-3-4-16)29-23(10-19)17-5-6-17/h7-8,11-12,14,16-17,19,22-23,29H,3-6,9-10,13H2,1-2H3/t22-,23-/m0/s1. The predicted molar refractivity (Wildman–Crippen MR) is 134 cm³/mol. The lowest BCUT2D eigenvalue weighted by atomic mass is 9.90. The van der Waals surface area contributed by atoms with E-state index in [0.29, 0.717) is 35.9 Å². The van der Waals surface area contributed by atoms with E-state index in [0.717, 1.165) is 47.2 Å². The highest BCUT2D eigenvalue weighted by Crippen LogP contribution is 2.42. The van der Waals surface area contributed by atoms with Crippen LogP contribution < -0.4 is 15.0 Å². The van der Waals surface area contributed by atoms with Gasteiger partial charge in [-0.1, -0.05) is 0 Å². The second-order valence-electron chi connectivity index (χ2n) is 10.9. The van der Waals surface area contributed by atoms with Crippen molar-refractivity contribution in [1.82, 2.24) is 30.3 Å². The largest absolute Gasteiger partial charge is 0.473 e. The number of ether oxygens (including phenoxy) is 1. The van der Waals surface area contributed by atoms with Gasteiger partial charge in [-0.25, -0.2) is 0 Å². The van der Waals surface area contributed by atoms with Crippen LogP contribution in [0.5, 0.6) is 5.88 Å². The summed E-state index contributed by atoms with van der Waals surface area (Å²) in [5.41, 5.74) is 4.10. The Labute approximate surface area is 210 Å². The average Bonchev–Trinajstić information content (AvgIpc) is 3.80. The summed E-state index contributed by atoms with van der Waals surface area (Å²) in [7, 11) is 1.88. The van der Waals surface area contributed by atoms with Crippen LogP contribution in [0.3, 0.4) is 0 Å². The average molecular weight is 486 g/mol. The third kappa shape index (κ3) is 4.05. The topological polar surface area (TPSA) is 98.1 Å². The lowest BCUT2D eigenvalue weighted by Gasteiger charge is -2.36. The fraction of sp³-hybridized carbons (Fsp3) is 0.519. The summed E-state index contributed by atoms with van der Waals surface area (Å²) in [6.07, 6.45) is 11.3. The number of pyridine rings is 1. The molecule has 0 spiro atoms. The van der Waals surface area contributed by atoms with Crippen molar-refractivity contribution >= 4 is 11.7 Å². The molecule has 2 aliphatic heterocycles. The molecule has 1 saturated heterocycles. The molecule has 0 radical (unpaired) electrons. The quantitative estimate of drug-likeness (QED) is 0.571. The number of rotatable bonds is 6. The molecule has 9 nitrogen and oxygen atoms in total. The van der Waals surface area contributed by atoms with Crippen LogP contribution in [0.4, 0.5) is 5.82 Å². The van der Waals surface area contributed by atoms with E-state index in [-0.39, 0.29) is 12.0 Å². The molecular formula is C27H31N7O2. The molecule has 1 N–H and O–H groups in total.